The van der Waals surface area contributed by atoms with Crippen molar-refractivity contribution in [2.24, 2.45) is 35.5 Å². The van der Waals surface area contributed by atoms with Crippen molar-refractivity contribution in [3.8, 4) is 0 Å². The summed E-state index contributed by atoms with van der Waals surface area (Å²) in [7, 11) is 0. The second-order valence-electron chi connectivity index (χ2n) is 10.2. The lowest BCUT2D eigenvalue weighted by Crippen LogP contribution is -2.25. The Morgan fingerprint density at radius 2 is 1.19 bits per heavy atom. The van der Waals surface area contributed by atoms with Crippen molar-refractivity contribution < 1.29 is 0 Å². The fourth-order valence-corrected chi connectivity index (χ4v) is 6.11. The van der Waals surface area contributed by atoms with Crippen LogP contribution in [0.3, 0.4) is 0 Å². The maximum absolute atomic E-state index is 2.53. The lowest BCUT2D eigenvalue weighted by atomic mass is 9.69. The van der Waals surface area contributed by atoms with Gasteiger partial charge in [-0.25, -0.2) is 0 Å². The smallest absolute Gasteiger partial charge is 0.0165 e. The van der Waals surface area contributed by atoms with Crippen LogP contribution in [0.4, 0.5) is 0 Å². The topological polar surface area (TPSA) is 0 Å². The van der Waals surface area contributed by atoms with Crippen molar-refractivity contribution in [3.63, 3.8) is 0 Å². The molecule has 3 aliphatic rings. The maximum Gasteiger partial charge on any atom is -0.0165 e. The summed E-state index contributed by atoms with van der Waals surface area (Å²) in [5.41, 5.74) is 1.63. The molecular formula is C26H44. The first-order valence-electron chi connectivity index (χ1n) is 12.0. The summed E-state index contributed by atoms with van der Waals surface area (Å²) in [6.45, 7) is 7.12. The highest BCUT2D eigenvalue weighted by Gasteiger charge is 2.29. The zero-order chi connectivity index (χ0) is 18.4. The van der Waals surface area contributed by atoms with Crippen LogP contribution in [0.5, 0.6) is 0 Å². The fraction of sp³-hybridized carbons (Fsp3) is 0.846. The number of hydrogen-bond donors (Lipinski definition) is 0. The molecule has 0 radical (unpaired) electrons. The molecule has 26 heavy (non-hydrogen) atoms. The molecule has 0 aromatic heterocycles. The van der Waals surface area contributed by atoms with E-state index in [1.165, 1.54) is 83.5 Å². The summed E-state index contributed by atoms with van der Waals surface area (Å²) in [6.07, 6.45) is 26.5. The van der Waals surface area contributed by atoms with Gasteiger partial charge >= 0.3 is 0 Å². The largest absolute Gasteiger partial charge is 0.0842 e. The monoisotopic (exact) mass is 356 g/mol. The summed E-state index contributed by atoms with van der Waals surface area (Å²) >= 11 is 0. The van der Waals surface area contributed by atoms with Gasteiger partial charge in [0.25, 0.3) is 0 Å². The summed E-state index contributed by atoms with van der Waals surface area (Å²) in [5.74, 6) is 5.91. The van der Waals surface area contributed by atoms with E-state index in [1.807, 2.05) is 0 Å². The van der Waals surface area contributed by atoms with Crippen LogP contribution in [0.2, 0.25) is 0 Å². The van der Waals surface area contributed by atoms with E-state index in [4.69, 9.17) is 0 Å². The van der Waals surface area contributed by atoms with Crippen molar-refractivity contribution in [2.45, 2.75) is 104 Å². The summed E-state index contributed by atoms with van der Waals surface area (Å²) in [5, 5.41) is 0. The Morgan fingerprint density at radius 1 is 0.692 bits per heavy atom. The molecule has 0 heterocycles. The summed E-state index contributed by atoms with van der Waals surface area (Å²) in [6, 6.07) is 0. The van der Waals surface area contributed by atoms with E-state index in [9.17, 15) is 0 Å². The predicted molar refractivity (Wildman–Crippen MR) is 115 cm³/mol. The first kappa shape index (κ1) is 20.2. The Morgan fingerprint density at radius 3 is 1.73 bits per heavy atom. The van der Waals surface area contributed by atoms with Crippen LogP contribution < -0.4 is 0 Å². The summed E-state index contributed by atoms with van der Waals surface area (Å²) in [4.78, 5) is 0. The van der Waals surface area contributed by atoms with Gasteiger partial charge in [-0.1, -0.05) is 57.8 Å². The highest BCUT2D eigenvalue weighted by atomic mass is 14.3. The van der Waals surface area contributed by atoms with E-state index in [2.05, 4.69) is 39.0 Å². The molecule has 0 bridgehead atoms. The van der Waals surface area contributed by atoms with Gasteiger partial charge < -0.3 is 0 Å². The van der Waals surface area contributed by atoms with E-state index in [-0.39, 0.29) is 0 Å². The molecule has 0 amide bonds. The van der Waals surface area contributed by atoms with Crippen molar-refractivity contribution in [1.29, 1.82) is 0 Å². The van der Waals surface area contributed by atoms with E-state index >= 15 is 0 Å². The van der Waals surface area contributed by atoms with Crippen molar-refractivity contribution in [2.75, 3.05) is 0 Å². The third-order valence-electron chi connectivity index (χ3n) is 8.22. The highest BCUT2D eigenvalue weighted by Crippen LogP contribution is 2.42. The molecule has 0 unspecified atom stereocenters. The van der Waals surface area contributed by atoms with Gasteiger partial charge in [-0.2, -0.15) is 0 Å². The molecule has 3 rings (SSSR count). The zero-order valence-corrected chi connectivity index (χ0v) is 17.9. The average molecular weight is 357 g/mol. The second kappa shape index (κ2) is 10.1. The first-order valence-corrected chi connectivity index (χ1v) is 12.0. The SMILES string of the molecule is C/C=C(\C=C/CC1CCC(C2CCC(C)CC2)CC1)C1CCC(C)CC1. The Bertz CT molecular complexity index is 446. The van der Waals surface area contributed by atoms with Gasteiger partial charge in [-0.3, -0.25) is 0 Å². The van der Waals surface area contributed by atoms with Crippen molar-refractivity contribution >= 4 is 0 Å². The molecule has 0 aliphatic heterocycles. The van der Waals surface area contributed by atoms with Crippen LogP contribution in [0.1, 0.15) is 104 Å². The van der Waals surface area contributed by atoms with Crippen LogP contribution in [0.25, 0.3) is 0 Å². The summed E-state index contributed by atoms with van der Waals surface area (Å²) < 4.78 is 0. The Balaban J connectivity index is 1.38. The molecule has 0 aromatic rings. The van der Waals surface area contributed by atoms with E-state index in [0.717, 1.165) is 35.5 Å². The molecule has 148 valence electrons. The zero-order valence-electron chi connectivity index (χ0n) is 17.9. The van der Waals surface area contributed by atoms with Gasteiger partial charge in [-0.05, 0) is 106 Å². The lowest BCUT2D eigenvalue weighted by molar-refractivity contribution is 0.151. The molecule has 0 aromatic carbocycles. The normalized spacial score (nSPS) is 40.0. The molecule has 0 N–H and O–H groups in total. The third kappa shape index (κ3) is 5.74. The van der Waals surface area contributed by atoms with Crippen LogP contribution in [0.15, 0.2) is 23.8 Å². The van der Waals surface area contributed by atoms with E-state index in [0.29, 0.717) is 0 Å². The molecule has 0 spiro atoms. The Kier molecular flexibility index (Phi) is 7.89. The first-order chi connectivity index (χ1) is 12.7. The molecule has 0 saturated heterocycles. The highest BCUT2D eigenvalue weighted by molar-refractivity contribution is 5.21. The van der Waals surface area contributed by atoms with Gasteiger partial charge in [0.2, 0.25) is 0 Å². The van der Waals surface area contributed by atoms with E-state index in [1.54, 1.807) is 5.57 Å². The van der Waals surface area contributed by atoms with Gasteiger partial charge in [0.15, 0.2) is 0 Å². The van der Waals surface area contributed by atoms with Gasteiger partial charge in [0.05, 0.1) is 0 Å². The molecular weight excluding hydrogens is 312 g/mol. The Hall–Kier alpha value is -0.520. The predicted octanol–water partition coefficient (Wildman–Crippen LogP) is 8.34. The molecule has 0 atom stereocenters. The minimum Gasteiger partial charge on any atom is -0.0842 e. The van der Waals surface area contributed by atoms with Crippen LogP contribution in [-0.4, -0.2) is 0 Å². The Labute approximate surface area is 163 Å². The van der Waals surface area contributed by atoms with Crippen LogP contribution >= 0.6 is 0 Å². The van der Waals surface area contributed by atoms with E-state index < -0.39 is 0 Å². The molecule has 0 nitrogen and oxygen atoms in total. The van der Waals surface area contributed by atoms with Crippen LogP contribution in [-0.2, 0) is 0 Å². The quantitative estimate of drug-likeness (QED) is 0.434. The molecule has 3 aliphatic carbocycles. The van der Waals surface area contributed by atoms with Gasteiger partial charge in [-0.15, -0.1) is 0 Å². The van der Waals surface area contributed by atoms with Gasteiger partial charge in [0, 0.05) is 0 Å². The lowest BCUT2D eigenvalue weighted by Gasteiger charge is -2.37. The van der Waals surface area contributed by atoms with Crippen molar-refractivity contribution in [1.82, 2.24) is 0 Å². The third-order valence-corrected chi connectivity index (χ3v) is 8.22. The maximum atomic E-state index is 2.53. The standard InChI is InChI=1S/C26H44/c1-4-23(24-14-8-20(2)9-15-24)7-5-6-22-12-18-26(19-13-22)25-16-10-21(3)11-17-25/h4-5,7,20-22,24-26H,6,8-19H2,1-3H3/b7-5-,23-4+. The minimum atomic E-state index is 0.844. The average Bonchev–Trinajstić information content (AvgIpc) is 2.67. The minimum absolute atomic E-state index is 0.844. The van der Waals surface area contributed by atoms with Crippen molar-refractivity contribution in [3.05, 3.63) is 23.8 Å². The van der Waals surface area contributed by atoms with Crippen LogP contribution in [0, 0.1) is 35.5 Å². The molecule has 3 fully saturated rings. The number of hydrogen-bond acceptors (Lipinski definition) is 0. The fourth-order valence-electron chi connectivity index (χ4n) is 6.11. The number of rotatable bonds is 5. The van der Waals surface area contributed by atoms with Gasteiger partial charge in [0.1, 0.15) is 0 Å². The molecule has 0 heteroatoms. The molecule has 3 saturated carbocycles. The second-order valence-corrected chi connectivity index (χ2v) is 10.2. The number of allylic oxidation sites excluding steroid dienone is 4.